The summed E-state index contributed by atoms with van der Waals surface area (Å²) >= 11 is 0. The molecule has 0 fully saturated rings. The summed E-state index contributed by atoms with van der Waals surface area (Å²) < 4.78 is 7.36. The Kier molecular flexibility index (Phi) is 5.00. The lowest BCUT2D eigenvalue weighted by molar-refractivity contribution is 1.16. The van der Waals surface area contributed by atoms with Gasteiger partial charge in [0.15, 0.2) is 0 Å². The van der Waals surface area contributed by atoms with Crippen molar-refractivity contribution >= 4 is 54.6 Å². The topological polar surface area (TPSA) is 14.8 Å². The van der Waals surface area contributed by atoms with E-state index in [0.717, 1.165) is 11.4 Å². The highest BCUT2D eigenvalue weighted by molar-refractivity contribution is 6.35. The van der Waals surface area contributed by atoms with E-state index in [1.54, 1.807) is 0 Å². The summed E-state index contributed by atoms with van der Waals surface area (Å²) in [5.41, 5.74) is 13.2. The van der Waals surface area contributed by atoms with E-state index < -0.39 is 0 Å². The molecule has 0 aliphatic carbocycles. The van der Waals surface area contributed by atoms with Gasteiger partial charge in [0.05, 0.1) is 33.1 Å². The zero-order valence-corrected chi connectivity index (χ0v) is 24.4. The van der Waals surface area contributed by atoms with Gasteiger partial charge in [0, 0.05) is 38.6 Å². The number of nitrogens with zero attached hydrogens (tertiary/aromatic N) is 3. The molecule has 210 valence electrons. The van der Waals surface area contributed by atoms with Crippen LogP contribution in [0.3, 0.4) is 0 Å². The minimum Gasteiger partial charge on any atom is -0.309 e. The standard InChI is InChI=1S/C42H27N3/c1-4-13-28(14-5-1)29-15-10-20-32(27-29)45-36-24-12-22-34-40(36)42-38(45)26-25-37-41(42)39-33(43(34)30-16-6-2-7-17-30)21-11-23-35(39)44(37)31-18-8-3-9-19-31/h1-27H. The van der Waals surface area contributed by atoms with E-state index in [1.807, 2.05) is 0 Å². The van der Waals surface area contributed by atoms with Gasteiger partial charge in [-0.25, -0.2) is 0 Å². The van der Waals surface area contributed by atoms with Crippen LogP contribution in [0.4, 0.5) is 0 Å². The molecule has 0 bridgehead atoms. The molecule has 45 heavy (non-hydrogen) atoms. The first-order valence-electron chi connectivity index (χ1n) is 15.5. The fourth-order valence-corrected chi connectivity index (χ4v) is 7.61. The molecular formula is C42H27N3. The maximum atomic E-state index is 2.46. The van der Waals surface area contributed by atoms with Crippen molar-refractivity contribution in [1.82, 2.24) is 13.7 Å². The Hall–Kier alpha value is -6.06. The third-order valence-electron chi connectivity index (χ3n) is 9.39. The first kappa shape index (κ1) is 24.4. The molecule has 10 aromatic rings. The summed E-state index contributed by atoms with van der Waals surface area (Å²) in [6.45, 7) is 0. The fourth-order valence-electron chi connectivity index (χ4n) is 7.61. The van der Waals surface area contributed by atoms with Crippen LogP contribution in [0.25, 0.3) is 82.8 Å². The van der Waals surface area contributed by atoms with Gasteiger partial charge in [-0.3, -0.25) is 0 Å². The quantitative estimate of drug-likeness (QED) is 0.199. The molecule has 0 atom stereocenters. The van der Waals surface area contributed by atoms with Gasteiger partial charge in [-0.15, -0.1) is 0 Å². The summed E-state index contributed by atoms with van der Waals surface area (Å²) in [5.74, 6) is 0. The van der Waals surface area contributed by atoms with E-state index in [1.165, 1.54) is 71.5 Å². The van der Waals surface area contributed by atoms with Crippen LogP contribution in [0.1, 0.15) is 0 Å². The van der Waals surface area contributed by atoms with Crippen molar-refractivity contribution in [3.8, 4) is 28.2 Å². The highest BCUT2D eigenvalue weighted by atomic mass is 15.0. The Morgan fingerprint density at radius 3 is 1.09 bits per heavy atom. The van der Waals surface area contributed by atoms with Crippen molar-refractivity contribution in [2.75, 3.05) is 0 Å². The molecule has 3 heteroatoms. The average molecular weight is 574 g/mol. The molecule has 0 saturated heterocycles. The van der Waals surface area contributed by atoms with Gasteiger partial charge < -0.3 is 13.7 Å². The molecule has 0 saturated carbocycles. The van der Waals surface area contributed by atoms with Crippen LogP contribution in [0, 0.1) is 0 Å². The summed E-state index contributed by atoms with van der Waals surface area (Å²) in [7, 11) is 0. The number of para-hydroxylation sites is 2. The SMILES string of the molecule is c1ccc(-c2cccc(-n3c4ccc5c6c4c4c3cccc4n(-c3ccccc3)c3cccc(c63)n5-c3ccccc3)c2)cc1. The second kappa shape index (κ2) is 9.22. The summed E-state index contributed by atoms with van der Waals surface area (Å²) in [6, 6.07) is 59.3. The lowest BCUT2D eigenvalue weighted by atomic mass is 10.0. The zero-order chi connectivity index (χ0) is 29.5. The van der Waals surface area contributed by atoms with Crippen LogP contribution >= 0.6 is 0 Å². The minimum absolute atomic E-state index is 1.15. The Labute approximate surface area is 259 Å². The summed E-state index contributed by atoms with van der Waals surface area (Å²) in [6.07, 6.45) is 0. The molecule has 3 nitrogen and oxygen atoms in total. The van der Waals surface area contributed by atoms with Crippen molar-refractivity contribution < 1.29 is 0 Å². The third-order valence-corrected chi connectivity index (χ3v) is 9.39. The third kappa shape index (κ3) is 3.35. The van der Waals surface area contributed by atoms with E-state index in [2.05, 4.69) is 177 Å². The molecule has 7 aromatic carbocycles. The lowest BCUT2D eigenvalue weighted by Gasteiger charge is -2.14. The lowest BCUT2D eigenvalue weighted by Crippen LogP contribution is -1.98. The van der Waals surface area contributed by atoms with Gasteiger partial charge in [0.1, 0.15) is 0 Å². The van der Waals surface area contributed by atoms with Crippen molar-refractivity contribution in [3.05, 3.63) is 164 Å². The van der Waals surface area contributed by atoms with Gasteiger partial charge in [-0.05, 0) is 83.9 Å². The van der Waals surface area contributed by atoms with E-state index >= 15 is 0 Å². The number of hydrogen-bond donors (Lipinski definition) is 0. The summed E-state index contributed by atoms with van der Waals surface area (Å²) in [5, 5.41) is 5.15. The molecule has 3 aromatic heterocycles. The molecule has 3 heterocycles. The fraction of sp³-hybridized carbons (Fsp3) is 0. The smallest absolute Gasteiger partial charge is 0.0562 e. The maximum Gasteiger partial charge on any atom is 0.0562 e. The number of hydrogen-bond acceptors (Lipinski definition) is 0. The predicted octanol–water partition coefficient (Wildman–Crippen LogP) is 10.9. The van der Waals surface area contributed by atoms with E-state index in [0.29, 0.717) is 0 Å². The molecule has 10 rings (SSSR count). The molecule has 0 amide bonds. The maximum absolute atomic E-state index is 2.46. The van der Waals surface area contributed by atoms with E-state index in [9.17, 15) is 0 Å². The second-order valence-electron chi connectivity index (χ2n) is 11.8. The summed E-state index contributed by atoms with van der Waals surface area (Å²) in [4.78, 5) is 0. The molecule has 0 aliphatic heterocycles. The number of rotatable bonds is 4. The number of aromatic nitrogens is 3. The van der Waals surface area contributed by atoms with Crippen molar-refractivity contribution in [2.24, 2.45) is 0 Å². The molecular weight excluding hydrogens is 546 g/mol. The van der Waals surface area contributed by atoms with Crippen LogP contribution in [0.15, 0.2) is 164 Å². The number of benzene rings is 7. The molecule has 0 spiro atoms. The Balaban J connectivity index is 1.44. The van der Waals surface area contributed by atoms with Gasteiger partial charge >= 0.3 is 0 Å². The van der Waals surface area contributed by atoms with Crippen LogP contribution in [0.2, 0.25) is 0 Å². The van der Waals surface area contributed by atoms with Gasteiger partial charge in [0.2, 0.25) is 0 Å². The molecule has 0 radical (unpaired) electrons. The van der Waals surface area contributed by atoms with Gasteiger partial charge in [0.25, 0.3) is 0 Å². The average Bonchev–Trinajstić information content (AvgIpc) is 3.59. The largest absolute Gasteiger partial charge is 0.309 e. The zero-order valence-electron chi connectivity index (χ0n) is 24.4. The van der Waals surface area contributed by atoms with Crippen molar-refractivity contribution in [2.45, 2.75) is 0 Å². The predicted molar refractivity (Wildman–Crippen MR) is 189 cm³/mol. The molecule has 0 unspecified atom stereocenters. The Morgan fingerprint density at radius 2 is 0.600 bits per heavy atom. The highest BCUT2D eigenvalue weighted by Crippen LogP contribution is 2.47. The second-order valence-corrected chi connectivity index (χ2v) is 11.8. The Morgan fingerprint density at radius 1 is 0.244 bits per heavy atom. The van der Waals surface area contributed by atoms with Crippen LogP contribution in [0.5, 0.6) is 0 Å². The monoisotopic (exact) mass is 573 g/mol. The van der Waals surface area contributed by atoms with E-state index in [-0.39, 0.29) is 0 Å². The molecule has 0 aliphatic rings. The normalized spacial score (nSPS) is 12.0. The van der Waals surface area contributed by atoms with E-state index in [4.69, 9.17) is 0 Å². The van der Waals surface area contributed by atoms with Crippen molar-refractivity contribution in [3.63, 3.8) is 0 Å². The van der Waals surface area contributed by atoms with Gasteiger partial charge in [-0.1, -0.05) is 91.0 Å². The highest BCUT2D eigenvalue weighted by Gasteiger charge is 2.25. The Bertz CT molecular complexity index is 2670. The minimum atomic E-state index is 1.15. The van der Waals surface area contributed by atoms with Crippen LogP contribution in [-0.4, -0.2) is 13.7 Å². The first-order valence-corrected chi connectivity index (χ1v) is 15.5. The molecule has 0 N–H and O–H groups in total. The van der Waals surface area contributed by atoms with Crippen molar-refractivity contribution in [1.29, 1.82) is 0 Å². The first-order chi connectivity index (χ1) is 22.4. The van der Waals surface area contributed by atoms with Gasteiger partial charge in [-0.2, -0.15) is 0 Å². The van der Waals surface area contributed by atoms with Crippen LogP contribution < -0.4 is 0 Å². The van der Waals surface area contributed by atoms with Crippen LogP contribution in [-0.2, 0) is 0 Å².